The van der Waals surface area contributed by atoms with Gasteiger partial charge in [-0.2, -0.15) is 5.10 Å². The highest BCUT2D eigenvalue weighted by atomic mass is 32.2. The number of hydrogen-bond acceptors (Lipinski definition) is 3. The smallest absolute Gasteiger partial charge is 0.355 e. The van der Waals surface area contributed by atoms with E-state index in [1.54, 1.807) is 0 Å². The predicted octanol–water partition coefficient (Wildman–Crippen LogP) is 1.47. The van der Waals surface area contributed by atoms with E-state index in [0.29, 0.717) is 0 Å². The van der Waals surface area contributed by atoms with Crippen LogP contribution in [-0.4, -0.2) is 33.5 Å². The number of aromatic carboxylic acids is 1. The molecule has 0 saturated heterocycles. The summed E-state index contributed by atoms with van der Waals surface area (Å²) in [4.78, 5) is 10.7. The molecule has 13 heavy (non-hydrogen) atoms. The Labute approximate surface area is 76.3 Å². The highest BCUT2D eigenvalue weighted by molar-refractivity contribution is 7.99. The maximum atomic E-state index is 11.8. The molecule has 2 N–H and O–H groups in total. The molecule has 1 rings (SSSR count). The third-order valence-corrected chi connectivity index (χ3v) is 2.22. The number of nitrogens with one attached hydrogen (secondary N) is 1. The van der Waals surface area contributed by atoms with Crippen LogP contribution in [0.5, 0.6) is 0 Å². The molecule has 0 fully saturated rings. The van der Waals surface area contributed by atoms with E-state index in [2.05, 4.69) is 10.2 Å². The third kappa shape index (κ3) is 2.69. The van der Waals surface area contributed by atoms with Crippen LogP contribution in [0.4, 0.5) is 8.78 Å². The van der Waals surface area contributed by atoms with Crippen LogP contribution >= 0.6 is 11.8 Å². The van der Waals surface area contributed by atoms with Crippen molar-refractivity contribution in [3.63, 3.8) is 0 Å². The zero-order valence-corrected chi connectivity index (χ0v) is 7.15. The molecule has 1 aromatic rings. The highest BCUT2D eigenvalue weighted by Crippen LogP contribution is 2.22. The lowest BCUT2D eigenvalue weighted by Crippen LogP contribution is -2.00. The fourth-order valence-electron chi connectivity index (χ4n) is 0.691. The largest absolute Gasteiger partial charge is 0.476 e. The van der Waals surface area contributed by atoms with E-state index < -0.39 is 18.1 Å². The summed E-state index contributed by atoms with van der Waals surface area (Å²) in [6.45, 7) is 0. The Balaban J connectivity index is 2.65. The molecule has 72 valence electrons. The van der Waals surface area contributed by atoms with Crippen LogP contribution in [0.1, 0.15) is 10.5 Å². The number of alkyl halides is 2. The van der Waals surface area contributed by atoms with E-state index in [1.807, 2.05) is 0 Å². The topological polar surface area (TPSA) is 66.0 Å². The average Bonchev–Trinajstić information content (AvgIpc) is 2.47. The summed E-state index contributed by atoms with van der Waals surface area (Å²) in [5.41, 5.74) is -0.148. The standard InChI is InChI=1S/C6H6F2N2O2S/c7-4(8)2-13-3-1-9-10-5(3)6(11)12/h1,4H,2H2,(H,9,10)(H,11,12). The maximum Gasteiger partial charge on any atom is 0.355 e. The summed E-state index contributed by atoms with van der Waals surface area (Å²) in [5, 5.41) is 14.2. The first-order chi connectivity index (χ1) is 6.11. The second-order valence-electron chi connectivity index (χ2n) is 2.12. The summed E-state index contributed by atoms with van der Waals surface area (Å²) in [5.74, 6) is -1.63. The summed E-state index contributed by atoms with van der Waals surface area (Å²) >= 11 is 0.766. The molecule has 0 saturated carbocycles. The summed E-state index contributed by atoms with van der Waals surface area (Å²) in [6.07, 6.45) is -1.24. The molecule has 0 unspecified atom stereocenters. The third-order valence-electron chi connectivity index (χ3n) is 1.18. The van der Waals surface area contributed by atoms with Gasteiger partial charge in [-0.1, -0.05) is 0 Å². The molecule has 0 aliphatic heterocycles. The van der Waals surface area contributed by atoms with E-state index in [4.69, 9.17) is 5.11 Å². The molecule has 0 spiro atoms. The monoisotopic (exact) mass is 208 g/mol. The zero-order valence-electron chi connectivity index (χ0n) is 6.33. The predicted molar refractivity (Wildman–Crippen MR) is 42.3 cm³/mol. The van der Waals surface area contributed by atoms with Crippen molar-refractivity contribution < 1.29 is 18.7 Å². The molecule has 0 bridgehead atoms. The molecule has 0 radical (unpaired) electrons. The molecule has 0 amide bonds. The van der Waals surface area contributed by atoms with Crippen molar-refractivity contribution >= 4 is 17.7 Å². The minimum absolute atomic E-state index is 0.148. The van der Waals surface area contributed by atoms with Crippen LogP contribution in [0.3, 0.4) is 0 Å². The van der Waals surface area contributed by atoms with Crippen molar-refractivity contribution in [2.24, 2.45) is 0 Å². The van der Waals surface area contributed by atoms with Crippen molar-refractivity contribution in [1.29, 1.82) is 0 Å². The van der Waals surface area contributed by atoms with Crippen LogP contribution in [0.15, 0.2) is 11.1 Å². The second-order valence-corrected chi connectivity index (χ2v) is 3.18. The Morgan fingerprint density at radius 1 is 1.77 bits per heavy atom. The van der Waals surface area contributed by atoms with E-state index in [9.17, 15) is 13.6 Å². The van der Waals surface area contributed by atoms with E-state index >= 15 is 0 Å². The number of carboxylic acids is 1. The Kier molecular flexibility index (Phi) is 3.24. The van der Waals surface area contributed by atoms with Crippen molar-refractivity contribution in [3.8, 4) is 0 Å². The Morgan fingerprint density at radius 3 is 3.00 bits per heavy atom. The SMILES string of the molecule is O=C(O)c1[nH]ncc1SCC(F)F. The summed E-state index contributed by atoms with van der Waals surface area (Å²) < 4.78 is 23.5. The highest BCUT2D eigenvalue weighted by Gasteiger charge is 2.14. The van der Waals surface area contributed by atoms with Gasteiger partial charge in [-0.25, -0.2) is 13.6 Å². The van der Waals surface area contributed by atoms with Crippen LogP contribution in [0.25, 0.3) is 0 Å². The van der Waals surface area contributed by atoms with Gasteiger partial charge < -0.3 is 5.11 Å². The average molecular weight is 208 g/mol. The van der Waals surface area contributed by atoms with Gasteiger partial charge >= 0.3 is 5.97 Å². The Bertz CT molecular complexity index is 303. The van der Waals surface area contributed by atoms with Crippen LogP contribution in [0.2, 0.25) is 0 Å². The van der Waals surface area contributed by atoms with Gasteiger partial charge in [-0.15, -0.1) is 11.8 Å². The second kappa shape index (κ2) is 4.22. The minimum Gasteiger partial charge on any atom is -0.476 e. The molecular formula is C6H6F2N2O2S. The molecule has 1 heterocycles. The number of hydrogen-bond donors (Lipinski definition) is 2. The molecule has 0 aliphatic carbocycles. The number of H-pyrrole nitrogens is 1. The number of thioether (sulfide) groups is 1. The van der Waals surface area contributed by atoms with Gasteiger partial charge in [0.25, 0.3) is 0 Å². The number of nitrogens with zero attached hydrogens (tertiary/aromatic N) is 1. The van der Waals surface area contributed by atoms with Crippen molar-refractivity contribution in [2.75, 3.05) is 5.75 Å². The van der Waals surface area contributed by atoms with Gasteiger partial charge in [-0.05, 0) is 0 Å². The number of aromatic nitrogens is 2. The number of halogens is 2. The molecule has 7 heteroatoms. The first-order valence-corrected chi connectivity index (χ1v) is 4.27. The Morgan fingerprint density at radius 2 is 2.46 bits per heavy atom. The quantitative estimate of drug-likeness (QED) is 0.735. The van der Waals surface area contributed by atoms with Gasteiger partial charge in [0.2, 0.25) is 6.43 Å². The molecule has 0 aliphatic rings. The van der Waals surface area contributed by atoms with Crippen molar-refractivity contribution in [1.82, 2.24) is 10.2 Å². The zero-order chi connectivity index (χ0) is 9.84. The van der Waals surface area contributed by atoms with Gasteiger partial charge in [0.1, 0.15) is 0 Å². The lowest BCUT2D eigenvalue weighted by atomic mass is 10.4. The molecule has 0 atom stereocenters. The lowest BCUT2D eigenvalue weighted by molar-refractivity contribution is 0.0686. The van der Waals surface area contributed by atoms with E-state index in [1.165, 1.54) is 6.20 Å². The first kappa shape index (κ1) is 9.97. The molecule has 4 nitrogen and oxygen atoms in total. The van der Waals surface area contributed by atoms with Gasteiger partial charge in [0, 0.05) is 0 Å². The number of aromatic amines is 1. The van der Waals surface area contributed by atoms with Gasteiger partial charge in [0.15, 0.2) is 5.69 Å². The number of rotatable bonds is 4. The lowest BCUT2D eigenvalue weighted by Gasteiger charge is -1.97. The van der Waals surface area contributed by atoms with Crippen molar-refractivity contribution in [3.05, 3.63) is 11.9 Å². The fourth-order valence-corrected chi connectivity index (χ4v) is 1.40. The Hall–Kier alpha value is -1.11. The molecule has 1 aromatic heterocycles. The maximum absolute atomic E-state index is 11.8. The van der Waals surface area contributed by atoms with Crippen LogP contribution in [0, 0.1) is 0 Å². The van der Waals surface area contributed by atoms with Crippen LogP contribution < -0.4 is 0 Å². The molecular weight excluding hydrogens is 202 g/mol. The van der Waals surface area contributed by atoms with E-state index in [-0.39, 0.29) is 10.6 Å². The minimum atomic E-state index is -2.46. The first-order valence-electron chi connectivity index (χ1n) is 3.29. The van der Waals surface area contributed by atoms with Crippen LogP contribution in [-0.2, 0) is 0 Å². The van der Waals surface area contributed by atoms with Crippen molar-refractivity contribution in [2.45, 2.75) is 11.3 Å². The molecule has 0 aromatic carbocycles. The van der Waals surface area contributed by atoms with E-state index in [0.717, 1.165) is 11.8 Å². The van der Waals surface area contributed by atoms with Gasteiger partial charge in [-0.3, -0.25) is 5.10 Å². The number of carbonyl (C=O) groups is 1. The summed E-state index contributed by atoms with van der Waals surface area (Å²) in [7, 11) is 0. The van der Waals surface area contributed by atoms with Gasteiger partial charge in [0.05, 0.1) is 16.8 Å². The summed E-state index contributed by atoms with van der Waals surface area (Å²) in [6, 6.07) is 0. The normalized spacial score (nSPS) is 10.7. The fraction of sp³-hybridized carbons (Fsp3) is 0.333. The number of carboxylic acid groups (broad SMARTS) is 1.